The molecule has 3 nitrogen and oxygen atoms in total. The third-order valence-electron chi connectivity index (χ3n) is 2.90. The maximum absolute atomic E-state index is 8.85. The molecule has 0 fully saturated rings. The Balaban J connectivity index is 2.00. The number of aliphatic hydroxyl groups is 1. The van der Waals surface area contributed by atoms with E-state index in [1.54, 1.807) is 12.1 Å². The van der Waals surface area contributed by atoms with Gasteiger partial charge in [0.05, 0.1) is 11.6 Å². The highest BCUT2D eigenvalue weighted by Crippen LogP contribution is 2.21. The molecule has 0 spiro atoms. The van der Waals surface area contributed by atoms with Gasteiger partial charge in [0, 0.05) is 16.6 Å². The van der Waals surface area contributed by atoms with Gasteiger partial charge >= 0.3 is 0 Å². The van der Waals surface area contributed by atoms with E-state index in [1.165, 1.54) is 0 Å². The fourth-order valence-electron chi connectivity index (χ4n) is 1.78. The zero-order valence-electron chi connectivity index (χ0n) is 10.8. The molecule has 0 bridgehead atoms. The fraction of sp³-hybridized carbons (Fsp3) is 0.188. The third kappa shape index (κ3) is 3.83. The molecule has 1 N–H and O–H groups in total. The third-order valence-corrected chi connectivity index (χ3v) is 3.64. The molecule has 0 aromatic heterocycles. The summed E-state index contributed by atoms with van der Waals surface area (Å²) in [5, 5.41) is 17.7. The van der Waals surface area contributed by atoms with E-state index in [0.717, 1.165) is 21.3 Å². The van der Waals surface area contributed by atoms with Gasteiger partial charge in [0.25, 0.3) is 0 Å². The van der Waals surface area contributed by atoms with Crippen molar-refractivity contribution in [3.8, 4) is 11.8 Å². The van der Waals surface area contributed by atoms with E-state index in [0.29, 0.717) is 18.6 Å². The number of nitrogens with zero attached hydrogens (tertiary/aromatic N) is 1. The number of hydrogen-bond donors (Lipinski definition) is 1. The van der Waals surface area contributed by atoms with Crippen molar-refractivity contribution in [3.63, 3.8) is 0 Å². The van der Waals surface area contributed by atoms with Crippen molar-refractivity contribution in [3.05, 3.63) is 63.6 Å². The van der Waals surface area contributed by atoms with E-state index >= 15 is 0 Å². The van der Waals surface area contributed by atoms with Gasteiger partial charge < -0.3 is 9.84 Å². The molecule has 0 aliphatic heterocycles. The van der Waals surface area contributed by atoms with Crippen LogP contribution in [0, 0.1) is 11.3 Å². The molecule has 2 aromatic rings. The molecule has 0 saturated heterocycles. The highest BCUT2D eigenvalue weighted by Gasteiger charge is 2.03. The average Bonchev–Trinajstić information content (AvgIpc) is 2.48. The minimum atomic E-state index is 0.151. The Kier molecular flexibility index (Phi) is 5.16. The van der Waals surface area contributed by atoms with E-state index in [4.69, 9.17) is 15.1 Å². The number of halogens is 1. The summed E-state index contributed by atoms with van der Waals surface area (Å²) >= 11 is 3.43. The molecule has 0 aliphatic carbocycles. The van der Waals surface area contributed by atoms with E-state index in [2.05, 4.69) is 22.0 Å². The lowest BCUT2D eigenvalue weighted by molar-refractivity contribution is 0.298. The topological polar surface area (TPSA) is 53.2 Å². The van der Waals surface area contributed by atoms with Crippen LogP contribution in [0.3, 0.4) is 0 Å². The van der Waals surface area contributed by atoms with Crippen LogP contribution in [0.25, 0.3) is 0 Å². The standard InChI is InChI=1S/C16H14BrNO2/c17-16-9-13(10-18)1-4-14(16)11-20-15-5-2-12(3-6-15)7-8-19/h1-6,9,19H,7-8,11H2. The first-order valence-electron chi connectivity index (χ1n) is 6.24. The lowest BCUT2D eigenvalue weighted by Crippen LogP contribution is -1.97. The molecule has 2 aromatic carbocycles. The van der Waals surface area contributed by atoms with Gasteiger partial charge in [0.15, 0.2) is 0 Å². The van der Waals surface area contributed by atoms with Crippen LogP contribution >= 0.6 is 15.9 Å². The van der Waals surface area contributed by atoms with Crippen LogP contribution in [0.1, 0.15) is 16.7 Å². The number of nitriles is 1. The SMILES string of the molecule is N#Cc1ccc(COc2ccc(CCO)cc2)c(Br)c1. The zero-order valence-corrected chi connectivity index (χ0v) is 12.4. The second kappa shape index (κ2) is 7.09. The molecule has 0 heterocycles. The number of aliphatic hydroxyl groups excluding tert-OH is 1. The quantitative estimate of drug-likeness (QED) is 0.913. The maximum atomic E-state index is 8.85. The molecule has 0 atom stereocenters. The molecule has 2 rings (SSSR count). The lowest BCUT2D eigenvalue weighted by Gasteiger charge is -2.09. The van der Waals surface area contributed by atoms with E-state index in [1.807, 2.05) is 30.3 Å². The summed E-state index contributed by atoms with van der Waals surface area (Å²) in [6.07, 6.45) is 0.654. The van der Waals surface area contributed by atoms with Crippen molar-refractivity contribution in [1.82, 2.24) is 0 Å². The maximum Gasteiger partial charge on any atom is 0.119 e. The Morgan fingerprint density at radius 3 is 2.50 bits per heavy atom. The first-order chi connectivity index (χ1) is 9.72. The first-order valence-corrected chi connectivity index (χ1v) is 7.03. The summed E-state index contributed by atoms with van der Waals surface area (Å²) < 4.78 is 6.57. The van der Waals surface area contributed by atoms with Crippen molar-refractivity contribution < 1.29 is 9.84 Å². The molecule has 0 radical (unpaired) electrons. The van der Waals surface area contributed by atoms with Crippen molar-refractivity contribution in [2.24, 2.45) is 0 Å². The predicted molar refractivity (Wildman–Crippen MR) is 80.4 cm³/mol. The molecule has 20 heavy (non-hydrogen) atoms. The van der Waals surface area contributed by atoms with Crippen LogP contribution in [0.5, 0.6) is 5.75 Å². The van der Waals surface area contributed by atoms with Gasteiger partial charge in [-0.2, -0.15) is 5.26 Å². The van der Waals surface area contributed by atoms with E-state index in [-0.39, 0.29) is 6.61 Å². The Hall–Kier alpha value is -1.83. The van der Waals surface area contributed by atoms with Gasteiger partial charge in [-0.05, 0) is 36.2 Å². The lowest BCUT2D eigenvalue weighted by atomic mass is 10.1. The second-order valence-corrected chi connectivity index (χ2v) is 5.18. The summed E-state index contributed by atoms with van der Waals surface area (Å²) in [7, 11) is 0. The summed E-state index contributed by atoms with van der Waals surface area (Å²) in [5.74, 6) is 0.781. The Bertz CT molecular complexity index is 617. The number of rotatable bonds is 5. The summed E-state index contributed by atoms with van der Waals surface area (Å²) in [5.41, 5.74) is 2.69. The van der Waals surface area contributed by atoms with E-state index < -0.39 is 0 Å². The number of ether oxygens (including phenoxy) is 1. The second-order valence-electron chi connectivity index (χ2n) is 4.32. The Morgan fingerprint density at radius 2 is 1.90 bits per heavy atom. The van der Waals surface area contributed by atoms with Crippen molar-refractivity contribution in [1.29, 1.82) is 5.26 Å². The van der Waals surface area contributed by atoms with Crippen molar-refractivity contribution in [2.75, 3.05) is 6.61 Å². The Labute approximate surface area is 126 Å². The molecule has 0 unspecified atom stereocenters. The highest BCUT2D eigenvalue weighted by atomic mass is 79.9. The van der Waals surface area contributed by atoms with Crippen LogP contribution in [0.2, 0.25) is 0 Å². The van der Waals surface area contributed by atoms with Gasteiger partial charge in [0.1, 0.15) is 12.4 Å². The monoisotopic (exact) mass is 331 g/mol. The molecule has 0 amide bonds. The van der Waals surface area contributed by atoms with Crippen LogP contribution in [-0.2, 0) is 13.0 Å². The van der Waals surface area contributed by atoms with Crippen molar-refractivity contribution >= 4 is 15.9 Å². The van der Waals surface area contributed by atoms with Gasteiger partial charge in [-0.25, -0.2) is 0 Å². The van der Waals surface area contributed by atoms with Crippen LogP contribution in [-0.4, -0.2) is 11.7 Å². The summed E-state index contributed by atoms with van der Waals surface area (Å²) in [6.45, 7) is 0.587. The number of benzene rings is 2. The Morgan fingerprint density at radius 1 is 1.15 bits per heavy atom. The summed E-state index contributed by atoms with van der Waals surface area (Å²) in [6, 6.07) is 15.2. The minimum absolute atomic E-state index is 0.151. The van der Waals surface area contributed by atoms with Crippen molar-refractivity contribution in [2.45, 2.75) is 13.0 Å². The smallest absolute Gasteiger partial charge is 0.119 e. The molecule has 4 heteroatoms. The molecular formula is C16H14BrNO2. The molecular weight excluding hydrogens is 318 g/mol. The predicted octanol–water partition coefficient (Wildman–Crippen LogP) is 3.43. The van der Waals surface area contributed by atoms with Crippen LogP contribution in [0.15, 0.2) is 46.9 Å². The van der Waals surface area contributed by atoms with Crippen LogP contribution < -0.4 is 4.74 Å². The molecule has 0 saturated carbocycles. The minimum Gasteiger partial charge on any atom is -0.489 e. The largest absolute Gasteiger partial charge is 0.489 e. The van der Waals surface area contributed by atoms with Gasteiger partial charge in [0.2, 0.25) is 0 Å². The highest BCUT2D eigenvalue weighted by molar-refractivity contribution is 9.10. The molecule has 0 aliphatic rings. The summed E-state index contributed by atoms with van der Waals surface area (Å²) in [4.78, 5) is 0. The van der Waals surface area contributed by atoms with Crippen LogP contribution in [0.4, 0.5) is 0 Å². The first kappa shape index (κ1) is 14.6. The van der Waals surface area contributed by atoms with Gasteiger partial charge in [-0.3, -0.25) is 0 Å². The normalized spacial score (nSPS) is 10.1. The van der Waals surface area contributed by atoms with Gasteiger partial charge in [-0.1, -0.05) is 34.1 Å². The molecule has 102 valence electrons. The average molecular weight is 332 g/mol. The van der Waals surface area contributed by atoms with E-state index in [9.17, 15) is 0 Å². The number of hydrogen-bond acceptors (Lipinski definition) is 3. The van der Waals surface area contributed by atoms with Gasteiger partial charge in [-0.15, -0.1) is 0 Å². The zero-order chi connectivity index (χ0) is 14.4. The fourth-order valence-corrected chi connectivity index (χ4v) is 2.27.